The van der Waals surface area contributed by atoms with E-state index in [9.17, 15) is 0 Å². The van der Waals surface area contributed by atoms with Gasteiger partial charge < -0.3 is 10.7 Å². The molecule has 1 fully saturated rings. The van der Waals surface area contributed by atoms with Gasteiger partial charge in [0.1, 0.15) is 0 Å². The number of aromatic nitrogens is 1. The number of likely N-dealkylation sites (tertiary alicyclic amines) is 1. The highest BCUT2D eigenvalue weighted by Gasteiger charge is 2.20. The number of hydrogen-bond acceptors (Lipinski definition) is 2. The molecule has 3 aromatic carbocycles. The highest BCUT2D eigenvalue weighted by molar-refractivity contribution is 6.31. The predicted octanol–water partition coefficient (Wildman–Crippen LogP) is 6.71. The number of H-pyrrole nitrogens is 1. The smallest absolute Gasteiger partial charge is 0.0460 e. The topological polar surface area (TPSA) is 45.0 Å². The number of aryl methyl sites for hydroxylation is 1. The Morgan fingerprint density at radius 2 is 1.79 bits per heavy atom. The molecule has 5 rings (SSSR count). The fourth-order valence-corrected chi connectivity index (χ4v) is 5.42. The molecule has 3 N–H and O–H groups in total. The van der Waals surface area contributed by atoms with Crippen molar-refractivity contribution in [1.29, 1.82) is 0 Å². The molecule has 0 radical (unpaired) electrons. The summed E-state index contributed by atoms with van der Waals surface area (Å²) in [5, 5.41) is 2.17. The average molecular weight is 458 g/mol. The van der Waals surface area contributed by atoms with Gasteiger partial charge in [0.2, 0.25) is 0 Å². The normalized spacial score (nSPS) is 15.4. The second-order valence-corrected chi connectivity index (χ2v) is 9.87. The van der Waals surface area contributed by atoms with Crippen molar-refractivity contribution < 1.29 is 0 Å². The lowest BCUT2D eigenvalue weighted by Gasteiger charge is -2.32. The number of halogens is 1. The summed E-state index contributed by atoms with van der Waals surface area (Å²) >= 11 is 6.37. The first-order valence-electron chi connectivity index (χ1n) is 12.0. The van der Waals surface area contributed by atoms with Gasteiger partial charge in [-0.05, 0) is 85.6 Å². The van der Waals surface area contributed by atoms with Crippen LogP contribution >= 0.6 is 11.6 Å². The van der Waals surface area contributed by atoms with Gasteiger partial charge in [0.05, 0.1) is 0 Å². The number of nitrogens with two attached hydrogens (primary N) is 1. The number of rotatable bonds is 6. The van der Waals surface area contributed by atoms with E-state index in [1.807, 2.05) is 12.1 Å². The molecule has 0 unspecified atom stereocenters. The summed E-state index contributed by atoms with van der Waals surface area (Å²) in [5.74, 6) is 0.728. The number of benzene rings is 3. The first-order valence-corrected chi connectivity index (χ1v) is 12.3. The maximum atomic E-state index is 6.37. The number of nitrogens with one attached hydrogen (secondary N) is 1. The second-order valence-electron chi connectivity index (χ2n) is 9.46. The van der Waals surface area contributed by atoms with Crippen molar-refractivity contribution in [3.8, 4) is 11.1 Å². The molecule has 0 spiro atoms. The van der Waals surface area contributed by atoms with Gasteiger partial charge in [-0.3, -0.25) is 4.90 Å². The molecule has 1 aliphatic heterocycles. The predicted molar refractivity (Wildman–Crippen MR) is 140 cm³/mol. The van der Waals surface area contributed by atoms with Gasteiger partial charge in [-0.15, -0.1) is 0 Å². The van der Waals surface area contributed by atoms with Crippen LogP contribution in [0.5, 0.6) is 0 Å². The zero-order valence-electron chi connectivity index (χ0n) is 19.3. The maximum absolute atomic E-state index is 6.37. The monoisotopic (exact) mass is 457 g/mol. The molecule has 0 aliphatic carbocycles. The fourth-order valence-electron chi connectivity index (χ4n) is 5.22. The third kappa shape index (κ3) is 4.86. The fraction of sp³-hybridized carbons (Fsp3) is 0.310. The van der Waals surface area contributed by atoms with E-state index < -0.39 is 0 Å². The second kappa shape index (κ2) is 9.72. The van der Waals surface area contributed by atoms with E-state index in [-0.39, 0.29) is 0 Å². The van der Waals surface area contributed by atoms with Gasteiger partial charge in [0, 0.05) is 40.8 Å². The molecule has 0 atom stereocenters. The molecular weight excluding hydrogens is 426 g/mol. The third-order valence-corrected chi connectivity index (χ3v) is 7.47. The Labute approximate surface area is 201 Å². The Morgan fingerprint density at radius 3 is 2.58 bits per heavy atom. The van der Waals surface area contributed by atoms with Crippen molar-refractivity contribution >= 4 is 22.5 Å². The van der Waals surface area contributed by atoms with Crippen molar-refractivity contribution in [3.63, 3.8) is 0 Å². The zero-order chi connectivity index (χ0) is 22.8. The Morgan fingerprint density at radius 1 is 0.970 bits per heavy atom. The quantitative estimate of drug-likeness (QED) is 0.338. The standard InChI is InChI=1S/C29H32ClN3/c1-20-6-8-25(24(14-20)17-31)27-18-32-29-9-7-22(16-26(27)29)15-21-10-12-33(13-11-21)19-23-4-2-3-5-28(23)30/h2-9,14,16,18,21,32H,10-13,15,17,19,31H2,1H3. The lowest BCUT2D eigenvalue weighted by atomic mass is 9.89. The Hall–Kier alpha value is -2.59. The van der Waals surface area contributed by atoms with Crippen molar-refractivity contribution in [3.05, 3.63) is 94.1 Å². The first-order chi connectivity index (χ1) is 16.1. The van der Waals surface area contributed by atoms with Gasteiger partial charge in [-0.2, -0.15) is 0 Å². The summed E-state index contributed by atoms with van der Waals surface area (Å²) in [5.41, 5.74) is 14.9. The van der Waals surface area contributed by atoms with Crippen LogP contribution in [-0.4, -0.2) is 23.0 Å². The van der Waals surface area contributed by atoms with Crippen molar-refractivity contribution in [2.24, 2.45) is 11.7 Å². The first kappa shape index (κ1) is 22.2. The number of fused-ring (bicyclic) bond motifs is 1. The van der Waals surface area contributed by atoms with Crippen molar-refractivity contribution in [1.82, 2.24) is 9.88 Å². The van der Waals surface area contributed by atoms with Gasteiger partial charge in [-0.25, -0.2) is 0 Å². The highest BCUT2D eigenvalue weighted by atomic mass is 35.5. The molecule has 0 amide bonds. The van der Waals surface area contributed by atoms with Gasteiger partial charge >= 0.3 is 0 Å². The summed E-state index contributed by atoms with van der Waals surface area (Å²) in [4.78, 5) is 6.00. The van der Waals surface area contributed by atoms with E-state index >= 15 is 0 Å². The Kier molecular flexibility index (Phi) is 6.55. The van der Waals surface area contributed by atoms with E-state index in [0.29, 0.717) is 6.54 Å². The van der Waals surface area contributed by atoms with Crippen LogP contribution in [0.3, 0.4) is 0 Å². The van der Waals surface area contributed by atoms with Crippen LogP contribution in [-0.2, 0) is 19.5 Å². The summed E-state index contributed by atoms with van der Waals surface area (Å²) in [6.07, 6.45) is 5.74. The van der Waals surface area contributed by atoms with E-state index in [1.54, 1.807) is 0 Å². The lowest BCUT2D eigenvalue weighted by Crippen LogP contribution is -2.33. The average Bonchev–Trinajstić information content (AvgIpc) is 3.25. The van der Waals surface area contributed by atoms with Crippen LogP contribution in [0.4, 0.5) is 0 Å². The molecule has 1 saturated heterocycles. The van der Waals surface area contributed by atoms with E-state index in [1.165, 1.54) is 57.1 Å². The van der Waals surface area contributed by atoms with Crippen molar-refractivity contribution in [2.45, 2.75) is 39.3 Å². The minimum atomic E-state index is 0.552. The Balaban J connectivity index is 1.29. The number of aromatic amines is 1. The number of nitrogens with zero attached hydrogens (tertiary/aromatic N) is 1. The van der Waals surface area contributed by atoms with E-state index in [0.717, 1.165) is 37.0 Å². The third-order valence-electron chi connectivity index (χ3n) is 7.10. The maximum Gasteiger partial charge on any atom is 0.0460 e. The molecule has 1 aliphatic rings. The molecule has 170 valence electrons. The molecular formula is C29H32ClN3. The van der Waals surface area contributed by atoms with Crippen LogP contribution in [0, 0.1) is 12.8 Å². The van der Waals surface area contributed by atoms with Crippen molar-refractivity contribution in [2.75, 3.05) is 13.1 Å². The van der Waals surface area contributed by atoms with Crippen LogP contribution < -0.4 is 5.73 Å². The molecule has 0 saturated carbocycles. The van der Waals surface area contributed by atoms with Crippen LogP contribution in [0.25, 0.3) is 22.0 Å². The number of piperidine rings is 1. The number of hydrogen-bond donors (Lipinski definition) is 2. The highest BCUT2D eigenvalue weighted by Crippen LogP contribution is 2.33. The molecule has 4 aromatic rings. The summed E-state index contributed by atoms with van der Waals surface area (Å²) < 4.78 is 0. The summed E-state index contributed by atoms with van der Waals surface area (Å²) in [6, 6.07) is 21.7. The molecule has 33 heavy (non-hydrogen) atoms. The lowest BCUT2D eigenvalue weighted by molar-refractivity contribution is 0.177. The molecule has 2 heterocycles. The van der Waals surface area contributed by atoms with Crippen LogP contribution in [0.2, 0.25) is 5.02 Å². The summed E-state index contributed by atoms with van der Waals surface area (Å²) in [7, 11) is 0. The zero-order valence-corrected chi connectivity index (χ0v) is 20.0. The van der Waals surface area contributed by atoms with Gasteiger partial charge in [0.15, 0.2) is 0 Å². The van der Waals surface area contributed by atoms with Gasteiger partial charge in [-0.1, -0.05) is 59.6 Å². The molecule has 0 bridgehead atoms. The molecule has 4 heteroatoms. The molecule has 1 aromatic heterocycles. The van der Waals surface area contributed by atoms with E-state index in [4.69, 9.17) is 17.3 Å². The SMILES string of the molecule is Cc1ccc(-c2c[nH]c3ccc(CC4CCN(Cc5ccccc5Cl)CC4)cc23)c(CN)c1. The van der Waals surface area contributed by atoms with Gasteiger partial charge in [0.25, 0.3) is 0 Å². The molecule has 3 nitrogen and oxygen atoms in total. The largest absolute Gasteiger partial charge is 0.361 e. The Bertz CT molecular complexity index is 1250. The van der Waals surface area contributed by atoms with E-state index in [2.05, 4.69) is 71.5 Å². The minimum Gasteiger partial charge on any atom is -0.361 e. The van der Waals surface area contributed by atoms with Crippen LogP contribution in [0.15, 0.2) is 66.9 Å². The van der Waals surface area contributed by atoms with Crippen LogP contribution in [0.1, 0.15) is 35.1 Å². The minimum absolute atomic E-state index is 0.552. The summed E-state index contributed by atoms with van der Waals surface area (Å²) in [6.45, 7) is 5.89.